The van der Waals surface area contributed by atoms with E-state index in [2.05, 4.69) is 67.8 Å². The smallest absolute Gasteiger partial charge is 0.199 e. The Morgan fingerprint density at radius 3 is 1.56 bits per heavy atom. The van der Waals surface area contributed by atoms with Gasteiger partial charge in [-0.25, -0.2) is 15.0 Å². The minimum atomic E-state index is 0.536. The quantitative estimate of drug-likeness (QED) is 0.346. The molecule has 34 heavy (non-hydrogen) atoms. The SMILES string of the molecule is C=Cc1cccc(Cc2nc(-c3cccc(-c4n[nH]c(Cc5cccc(C=C)c5)n4)n3)n[nH]2)c1. The number of hydrogen-bond acceptors (Lipinski definition) is 5. The zero-order valence-corrected chi connectivity index (χ0v) is 18.6. The molecule has 0 atom stereocenters. The van der Waals surface area contributed by atoms with Crippen LogP contribution in [0.15, 0.2) is 79.9 Å². The van der Waals surface area contributed by atoms with Crippen LogP contribution >= 0.6 is 0 Å². The van der Waals surface area contributed by atoms with Crippen molar-refractivity contribution in [1.82, 2.24) is 35.3 Å². The van der Waals surface area contributed by atoms with Crippen molar-refractivity contribution in [3.05, 3.63) is 114 Å². The summed E-state index contributed by atoms with van der Waals surface area (Å²) in [4.78, 5) is 14.0. The third-order valence-corrected chi connectivity index (χ3v) is 5.39. The molecule has 0 saturated carbocycles. The molecular weight excluding hydrogens is 422 g/mol. The Hall–Kier alpha value is -4.65. The first-order valence-electron chi connectivity index (χ1n) is 10.9. The van der Waals surface area contributed by atoms with Gasteiger partial charge in [0.2, 0.25) is 0 Å². The average Bonchev–Trinajstić information content (AvgIpc) is 3.54. The Balaban J connectivity index is 1.33. The Kier molecular flexibility index (Phi) is 5.90. The van der Waals surface area contributed by atoms with Crippen molar-refractivity contribution in [1.29, 1.82) is 0 Å². The molecule has 5 rings (SSSR count). The van der Waals surface area contributed by atoms with Crippen LogP contribution in [0.5, 0.6) is 0 Å². The Morgan fingerprint density at radius 2 is 1.09 bits per heavy atom. The lowest BCUT2D eigenvalue weighted by molar-refractivity contribution is 0.972. The van der Waals surface area contributed by atoms with Gasteiger partial charge in [0.25, 0.3) is 0 Å². The molecule has 3 heterocycles. The first kappa shape index (κ1) is 21.2. The van der Waals surface area contributed by atoms with E-state index in [0.29, 0.717) is 35.9 Å². The number of nitrogens with zero attached hydrogens (tertiary/aromatic N) is 5. The fourth-order valence-electron chi connectivity index (χ4n) is 3.71. The molecule has 0 radical (unpaired) electrons. The van der Waals surface area contributed by atoms with Gasteiger partial charge in [0.05, 0.1) is 0 Å². The lowest BCUT2D eigenvalue weighted by Crippen LogP contribution is -1.93. The van der Waals surface area contributed by atoms with Crippen LogP contribution in [0.25, 0.3) is 35.2 Å². The van der Waals surface area contributed by atoms with Gasteiger partial charge in [-0.05, 0) is 34.4 Å². The van der Waals surface area contributed by atoms with Gasteiger partial charge < -0.3 is 0 Å². The third-order valence-electron chi connectivity index (χ3n) is 5.39. The number of H-pyrrole nitrogens is 2. The van der Waals surface area contributed by atoms with Crippen LogP contribution in [0.1, 0.15) is 33.9 Å². The Labute approximate surface area is 197 Å². The number of rotatable bonds is 8. The molecule has 5 aromatic rings. The van der Waals surface area contributed by atoms with E-state index in [1.165, 1.54) is 0 Å². The van der Waals surface area contributed by atoms with Crippen LogP contribution < -0.4 is 0 Å². The molecule has 0 amide bonds. The largest absolute Gasteiger partial charge is 0.262 e. The highest BCUT2D eigenvalue weighted by molar-refractivity contribution is 5.57. The topological polar surface area (TPSA) is 96.0 Å². The minimum absolute atomic E-state index is 0.536. The summed E-state index contributed by atoms with van der Waals surface area (Å²) < 4.78 is 0. The molecule has 2 aromatic carbocycles. The molecule has 0 aliphatic carbocycles. The van der Waals surface area contributed by atoms with E-state index in [-0.39, 0.29) is 0 Å². The van der Waals surface area contributed by atoms with Crippen LogP contribution in [-0.4, -0.2) is 35.3 Å². The van der Waals surface area contributed by atoms with Gasteiger partial charge in [-0.3, -0.25) is 10.2 Å². The summed E-state index contributed by atoms with van der Waals surface area (Å²) in [6.07, 6.45) is 4.95. The normalized spacial score (nSPS) is 10.8. The maximum Gasteiger partial charge on any atom is 0.199 e. The summed E-state index contributed by atoms with van der Waals surface area (Å²) in [5.41, 5.74) is 5.73. The fourth-order valence-corrected chi connectivity index (χ4v) is 3.71. The van der Waals surface area contributed by atoms with Crippen LogP contribution in [0.3, 0.4) is 0 Å². The molecule has 0 unspecified atom stereocenters. The molecule has 0 spiro atoms. The maximum absolute atomic E-state index is 4.69. The van der Waals surface area contributed by atoms with Gasteiger partial charge in [0, 0.05) is 12.8 Å². The van der Waals surface area contributed by atoms with Gasteiger partial charge in [-0.15, -0.1) is 0 Å². The number of pyridine rings is 1. The van der Waals surface area contributed by atoms with E-state index in [4.69, 9.17) is 4.98 Å². The highest BCUT2D eigenvalue weighted by Gasteiger charge is 2.13. The number of aromatic nitrogens is 7. The second-order valence-corrected chi connectivity index (χ2v) is 7.87. The molecule has 0 bridgehead atoms. The van der Waals surface area contributed by atoms with Gasteiger partial charge >= 0.3 is 0 Å². The molecule has 7 nitrogen and oxygen atoms in total. The highest BCUT2D eigenvalue weighted by Crippen LogP contribution is 2.19. The Bertz CT molecular complexity index is 1350. The van der Waals surface area contributed by atoms with Gasteiger partial charge in [-0.2, -0.15) is 10.2 Å². The molecule has 0 saturated heterocycles. The summed E-state index contributed by atoms with van der Waals surface area (Å²) >= 11 is 0. The second-order valence-electron chi connectivity index (χ2n) is 7.87. The van der Waals surface area contributed by atoms with Gasteiger partial charge in [-0.1, -0.05) is 79.9 Å². The molecule has 2 N–H and O–H groups in total. The molecule has 7 heteroatoms. The predicted molar refractivity (Wildman–Crippen MR) is 134 cm³/mol. The zero-order valence-electron chi connectivity index (χ0n) is 18.6. The Morgan fingerprint density at radius 1 is 0.618 bits per heavy atom. The van der Waals surface area contributed by atoms with E-state index in [1.807, 2.05) is 54.6 Å². The first-order valence-corrected chi connectivity index (χ1v) is 10.9. The van der Waals surface area contributed by atoms with Crippen LogP contribution in [0.2, 0.25) is 0 Å². The molecule has 0 fully saturated rings. The van der Waals surface area contributed by atoms with E-state index >= 15 is 0 Å². The molecule has 166 valence electrons. The van der Waals surface area contributed by atoms with Crippen molar-refractivity contribution < 1.29 is 0 Å². The van der Waals surface area contributed by atoms with Crippen molar-refractivity contribution in [2.45, 2.75) is 12.8 Å². The van der Waals surface area contributed by atoms with Crippen molar-refractivity contribution in [2.75, 3.05) is 0 Å². The van der Waals surface area contributed by atoms with Gasteiger partial charge in [0.15, 0.2) is 11.6 Å². The lowest BCUT2D eigenvalue weighted by atomic mass is 10.1. The fraction of sp³-hybridized carbons (Fsp3) is 0.0741. The lowest BCUT2D eigenvalue weighted by Gasteiger charge is -2.00. The maximum atomic E-state index is 4.69. The summed E-state index contributed by atoms with van der Waals surface area (Å²) in [6.45, 7) is 7.65. The standard InChI is InChI=1S/C27H23N7/c1-3-18-8-5-10-20(14-18)16-24-29-26(33-31-24)22-12-7-13-23(28-22)27-30-25(32-34-27)17-21-11-6-9-19(4-2)15-21/h3-15H,1-2,16-17H2,(H,29,31,33)(H,30,32,34). The van der Waals surface area contributed by atoms with Gasteiger partial charge in [0.1, 0.15) is 23.0 Å². The number of hydrogen-bond donors (Lipinski definition) is 2. The summed E-state index contributed by atoms with van der Waals surface area (Å²) in [6, 6.07) is 22.0. The zero-order chi connectivity index (χ0) is 23.3. The third kappa shape index (κ3) is 4.73. The van der Waals surface area contributed by atoms with Crippen LogP contribution in [0.4, 0.5) is 0 Å². The van der Waals surface area contributed by atoms with Crippen molar-refractivity contribution in [3.8, 4) is 23.0 Å². The number of nitrogens with one attached hydrogen (secondary N) is 2. The van der Waals surface area contributed by atoms with Crippen molar-refractivity contribution in [3.63, 3.8) is 0 Å². The molecule has 3 aromatic heterocycles. The van der Waals surface area contributed by atoms with Crippen LogP contribution in [-0.2, 0) is 12.8 Å². The molecule has 0 aliphatic heterocycles. The monoisotopic (exact) mass is 445 g/mol. The minimum Gasteiger partial charge on any atom is -0.262 e. The number of aromatic amines is 2. The second kappa shape index (κ2) is 9.46. The molecular formula is C27H23N7. The first-order chi connectivity index (χ1) is 16.7. The highest BCUT2D eigenvalue weighted by atomic mass is 15.2. The predicted octanol–water partition coefficient (Wildman–Crippen LogP) is 5.12. The van der Waals surface area contributed by atoms with E-state index < -0.39 is 0 Å². The van der Waals surface area contributed by atoms with Crippen molar-refractivity contribution >= 4 is 12.2 Å². The number of benzene rings is 2. The molecule has 0 aliphatic rings. The summed E-state index contributed by atoms with van der Waals surface area (Å²) in [7, 11) is 0. The summed E-state index contributed by atoms with van der Waals surface area (Å²) in [5.74, 6) is 2.61. The van der Waals surface area contributed by atoms with Crippen LogP contribution in [0, 0.1) is 0 Å². The van der Waals surface area contributed by atoms with E-state index in [0.717, 1.165) is 33.9 Å². The van der Waals surface area contributed by atoms with E-state index in [1.54, 1.807) is 0 Å². The van der Waals surface area contributed by atoms with E-state index in [9.17, 15) is 0 Å². The van der Waals surface area contributed by atoms with Crippen molar-refractivity contribution in [2.24, 2.45) is 0 Å². The summed E-state index contributed by atoms with van der Waals surface area (Å²) in [5, 5.41) is 14.8. The average molecular weight is 446 g/mol.